The van der Waals surface area contributed by atoms with Crippen LogP contribution in [0.1, 0.15) is 62.6 Å². The Balaban J connectivity index is 1.42. The van der Waals surface area contributed by atoms with Gasteiger partial charge in [-0.15, -0.1) is 0 Å². The van der Waals surface area contributed by atoms with E-state index in [1.165, 1.54) is 0 Å². The van der Waals surface area contributed by atoms with E-state index in [0.29, 0.717) is 30.7 Å². The van der Waals surface area contributed by atoms with Gasteiger partial charge in [0.25, 0.3) is 5.91 Å². The number of amides is 1. The summed E-state index contributed by atoms with van der Waals surface area (Å²) in [5.41, 5.74) is 0.987. The number of piperidine rings is 1. The predicted octanol–water partition coefficient (Wildman–Crippen LogP) is 3.67. The van der Waals surface area contributed by atoms with Crippen LogP contribution in [0.15, 0.2) is 28.7 Å². The minimum atomic E-state index is -0.831. The summed E-state index contributed by atoms with van der Waals surface area (Å²) < 4.78 is 11.3. The first-order valence-corrected chi connectivity index (χ1v) is 11.1. The topological polar surface area (TPSA) is 74.9 Å². The van der Waals surface area contributed by atoms with Gasteiger partial charge in [-0.2, -0.15) is 0 Å². The summed E-state index contributed by atoms with van der Waals surface area (Å²) in [5.74, 6) is 0.0737. The Bertz CT molecular complexity index is 884. The van der Waals surface area contributed by atoms with Gasteiger partial charge < -0.3 is 24.5 Å². The molecule has 164 valence electrons. The number of ether oxygens (including phenoxy) is 1. The van der Waals surface area contributed by atoms with Crippen molar-refractivity contribution < 1.29 is 19.1 Å². The molecular weight excluding hydrogens is 380 g/mol. The molecule has 6 nitrogen and oxygen atoms in total. The average Bonchev–Trinajstić information content (AvgIpc) is 3.36. The van der Waals surface area contributed by atoms with Gasteiger partial charge in [0.15, 0.2) is 5.76 Å². The molecule has 0 saturated carbocycles. The lowest BCUT2D eigenvalue weighted by Gasteiger charge is -2.40. The number of nitrogens with zero attached hydrogens (tertiary/aromatic N) is 1. The number of rotatable bonds is 5. The molecule has 30 heavy (non-hydrogen) atoms. The Hall–Kier alpha value is -1.89. The van der Waals surface area contributed by atoms with Crippen LogP contribution in [0.25, 0.3) is 11.0 Å². The molecule has 2 aromatic rings. The summed E-state index contributed by atoms with van der Waals surface area (Å²) in [6, 6.07) is 7.53. The van der Waals surface area contributed by atoms with Gasteiger partial charge in [0.2, 0.25) is 0 Å². The highest BCUT2D eigenvalue weighted by molar-refractivity contribution is 5.96. The van der Waals surface area contributed by atoms with Crippen LogP contribution in [-0.2, 0) is 10.3 Å². The highest BCUT2D eigenvalue weighted by atomic mass is 16.5. The third-order valence-corrected chi connectivity index (χ3v) is 6.17. The molecule has 2 N–H and O–H groups in total. The number of nitrogens with one attached hydrogen (secondary N) is 1. The average molecular weight is 415 g/mol. The van der Waals surface area contributed by atoms with Gasteiger partial charge in [0, 0.05) is 38.2 Å². The van der Waals surface area contributed by atoms with Crippen LogP contribution < -0.4 is 5.32 Å². The van der Waals surface area contributed by atoms with Crippen molar-refractivity contribution in [2.75, 3.05) is 32.8 Å². The molecule has 0 radical (unpaired) electrons. The van der Waals surface area contributed by atoms with Gasteiger partial charge >= 0.3 is 0 Å². The fourth-order valence-corrected chi connectivity index (χ4v) is 4.58. The van der Waals surface area contributed by atoms with E-state index >= 15 is 0 Å². The molecule has 0 aliphatic carbocycles. The Morgan fingerprint density at radius 1 is 1.27 bits per heavy atom. The second-order valence-corrected chi connectivity index (χ2v) is 10.1. The minimum Gasteiger partial charge on any atom is -0.451 e. The van der Waals surface area contributed by atoms with Gasteiger partial charge in [-0.3, -0.25) is 4.79 Å². The molecule has 2 fully saturated rings. The van der Waals surface area contributed by atoms with E-state index in [1.807, 2.05) is 18.2 Å². The zero-order valence-corrected chi connectivity index (χ0v) is 18.4. The smallest absolute Gasteiger partial charge is 0.287 e. The number of aliphatic hydroxyl groups is 1. The molecule has 1 unspecified atom stereocenters. The number of furan rings is 1. The van der Waals surface area contributed by atoms with Crippen molar-refractivity contribution in [1.29, 1.82) is 0 Å². The number of hydrogen-bond donors (Lipinski definition) is 2. The highest BCUT2D eigenvalue weighted by Gasteiger charge is 2.35. The Morgan fingerprint density at radius 2 is 2.03 bits per heavy atom. The molecular formula is C24H34N2O4. The molecule has 4 rings (SSSR count). The third kappa shape index (κ3) is 4.88. The summed E-state index contributed by atoms with van der Waals surface area (Å²) in [7, 11) is 0. The van der Waals surface area contributed by atoms with Crippen molar-refractivity contribution in [3.05, 3.63) is 35.6 Å². The Kier molecular flexibility index (Phi) is 5.93. The largest absolute Gasteiger partial charge is 0.451 e. The molecule has 1 aromatic carbocycles. The van der Waals surface area contributed by atoms with Gasteiger partial charge in [0.05, 0.1) is 11.7 Å². The SMILES string of the molecule is CC(C)(C)CN1CCC(O)(c2ccc3oc(C(=O)NCC4CCCO4)cc3c2)CC1. The van der Waals surface area contributed by atoms with Gasteiger partial charge in [0.1, 0.15) is 5.58 Å². The Morgan fingerprint density at radius 3 is 2.70 bits per heavy atom. The third-order valence-electron chi connectivity index (χ3n) is 6.17. The first-order valence-electron chi connectivity index (χ1n) is 11.1. The van der Waals surface area contributed by atoms with E-state index in [2.05, 4.69) is 31.0 Å². The highest BCUT2D eigenvalue weighted by Crippen LogP contribution is 2.35. The lowest BCUT2D eigenvalue weighted by Crippen LogP contribution is -2.45. The summed E-state index contributed by atoms with van der Waals surface area (Å²) in [4.78, 5) is 14.9. The maximum Gasteiger partial charge on any atom is 0.287 e. The fourth-order valence-electron chi connectivity index (χ4n) is 4.58. The summed E-state index contributed by atoms with van der Waals surface area (Å²) in [6.45, 7) is 10.8. The van der Waals surface area contributed by atoms with Gasteiger partial charge in [-0.05, 0) is 54.9 Å². The maximum atomic E-state index is 12.5. The number of carbonyl (C=O) groups is 1. The van der Waals surface area contributed by atoms with Crippen molar-refractivity contribution >= 4 is 16.9 Å². The second kappa shape index (κ2) is 8.33. The minimum absolute atomic E-state index is 0.100. The first kappa shape index (κ1) is 21.3. The monoisotopic (exact) mass is 414 g/mol. The summed E-state index contributed by atoms with van der Waals surface area (Å²) >= 11 is 0. The van der Waals surface area contributed by atoms with Crippen LogP contribution in [0.5, 0.6) is 0 Å². The Labute approximate surface area is 178 Å². The van der Waals surface area contributed by atoms with Crippen LogP contribution in [0.4, 0.5) is 0 Å². The number of carbonyl (C=O) groups excluding carboxylic acids is 1. The molecule has 3 heterocycles. The van der Waals surface area contributed by atoms with Crippen molar-refractivity contribution in [3.63, 3.8) is 0 Å². The fraction of sp³-hybridized carbons (Fsp3) is 0.625. The zero-order chi connectivity index (χ0) is 21.4. The van der Waals surface area contributed by atoms with Crippen molar-refractivity contribution in [3.8, 4) is 0 Å². The zero-order valence-electron chi connectivity index (χ0n) is 18.4. The summed E-state index contributed by atoms with van der Waals surface area (Å²) in [5, 5.41) is 15.0. The predicted molar refractivity (Wildman–Crippen MR) is 117 cm³/mol. The number of fused-ring (bicyclic) bond motifs is 1. The van der Waals surface area contributed by atoms with Crippen LogP contribution in [0, 0.1) is 5.41 Å². The van der Waals surface area contributed by atoms with E-state index in [9.17, 15) is 9.90 Å². The number of likely N-dealkylation sites (tertiary alicyclic amines) is 1. The lowest BCUT2D eigenvalue weighted by molar-refractivity contribution is -0.0316. The molecule has 1 aromatic heterocycles. The summed E-state index contributed by atoms with van der Waals surface area (Å²) in [6.07, 6.45) is 3.55. The van der Waals surface area contributed by atoms with E-state index in [4.69, 9.17) is 9.15 Å². The van der Waals surface area contributed by atoms with E-state index < -0.39 is 5.60 Å². The van der Waals surface area contributed by atoms with Gasteiger partial charge in [-0.25, -0.2) is 0 Å². The standard InChI is InChI=1S/C24H34N2O4/c1-23(2,3)16-26-10-8-24(28,9-11-26)18-6-7-20-17(13-18)14-21(30-20)22(27)25-15-19-5-4-12-29-19/h6-7,13-14,19,28H,4-5,8-12,15-16H2,1-3H3,(H,25,27). The van der Waals surface area contributed by atoms with Crippen LogP contribution in [-0.4, -0.2) is 54.8 Å². The maximum absolute atomic E-state index is 12.5. The lowest BCUT2D eigenvalue weighted by atomic mass is 9.83. The molecule has 1 amide bonds. The molecule has 0 spiro atoms. The molecule has 2 aliphatic heterocycles. The van der Waals surface area contributed by atoms with E-state index in [1.54, 1.807) is 6.07 Å². The van der Waals surface area contributed by atoms with E-state index in [0.717, 1.165) is 50.0 Å². The molecule has 6 heteroatoms. The van der Waals surface area contributed by atoms with Crippen LogP contribution in [0.2, 0.25) is 0 Å². The molecule has 2 saturated heterocycles. The molecule has 2 aliphatic rings. The van der Waals surface area contributed by atoms with E-state index in [-0.39, 0.29) is 17.4 Å². The van der Waals surface area contributed by atoms with Crippen LogP contribution in [0.3, 0.4) is 0 Å². The first-order chi connectivity index (χ1) is 14.2. The van der Waals surface area contributed by atoms with Crippen molar-refractivity contribution in [2.45, 2.75) is 58.2 Å². The van der Waals surface area contributed by atoms with Crippen molar-refractivity contribution in [1.82, 2.24) is 10.2 Å². The quantitative estimate of drug-likeness (QED) is 0.781. The molecule has 0 bridgehead atoms. The number of hydrogen-bond acceptors (Lipinski definition) is 5. The second-order valence-electron chi connectivity index (χ2n) is 10.1. The van der Waals surface area contributed by atoms with Gasteiger partial charge in [-0.1, -0.05) is 26.8 Å². The normalized spacial score (nSPS) is 22.5. The van der Waals surface area contributed by atoms with Crippen LogP contribution >= 0.6 is 0 Å². The molecule has 1 atom stereocenters. The van der Waals surface area contributed by atoms with Crippen molar-refractivity contribution in [2.24, 2.45) is 5.41 Å². The number of benzene rings is 1.